The van der Waals surface area contributed by atoms with Gasteiger partial charge in [0.2, 0.25) is 5.91 Å². The number of halogens is 1. The molecular weight excluding hydrogens is 336 g/mol. The Balaban J connectivity index is 1.50. The summed E-state index contributed by atoms with van der Waals surface area (Å²) in [5.74, 6) is 0.746. The minimum absolute atomic E-state index is 0.0838. The van der Waals surface area contributed by atoms with Crippen LogP contribution in [-0.4, -0.2) is 33.5 Å². The molecule has 1 aliphatic heterocycles. The lowest BCUT2D eigenvalue weighted by Gasteiger charge is -2.44. The van der Waals surface area contributed by atoms with Gasteiger partial charge in [-0.2, -0.15) is 0 Å². The van der Waals surface area contributed by atoms with Gasteiger partial charge < -0.3 is 15.0 Å². The summed E-state index contributed by atoms with van der Waals surface area (Å²) in [4.78, 5) is 18.1. The monoisotopic (exact) mass is 360 g/mol. The lowest BCUT2D eigenvalue weighted by molar-refractivity contribution is -0.139. The van der Waals surface area contributed by atoms with Gasteiger partial charge in [-0.25, -0.2) is 0 Å². The summed E-state index contributed by atoms with van der Waals surface area (Å²) in [6.45, 7) is 0.840. The number of benzene rings is 1. The van der Waals surface area contributed by atoms with Crippen molar-refractivity contribution in [3.8, 4) is 0 Å². The Bertz CT molecular complexity index is 770. The highest BCUT2D eigenvalue weighted by Crippen LogP contribution is 2.36. The lowest BCUT2D eigenvalue weighted by Crippen LogP contribution is -2.49. The Morgan fingerprint density at radius 2 is 2.08 bits per heavy atom. The maximum atomic E-state index is 12.9. The average Bonchev–Trinajstić information content (AvgIpc) is 3.04. The van der Waals surface area contributed by atoms with Crippen molar-refractivity contribution in [3.05, 3.63) is 35.0 Å². The maximum absolute atomic E-state index is 12.9. The molecule has 134 valence electrons. The number of hydrogen-bond acceptors (Lipinski definition) is 2. The molecule has 4 nitrogen and oxygen atoms in total. The van der Waals surface area contributed by atoms with E-state index in [0.717, 1.165) is 35.9 Å². The highest BCUT2D eigenvalue weighted by atomic mass is 35.5. The van der Waals surface area contributed by atoms with Crippen LogP contribution in [0.2, 0.25) is 5.02 Å². The van der Waals surface area contributed by atoms with E-state index < -0.39 is 6.10 Å². The van der Waals surface area contributed by atoms with Gasteiger partial charge in [0.05, 0.1) is 12.5 Å². The van der Waals surface area contributed by atoms with Crippen LogP contribution in [0, 0.1) is 5.92 Å². The number of rotatable bonds is 3. The van der Waals surface area contributed by atoms with Crippen LogP contribution in [0.25, 0.3) is 10.9 Å². The topological polar surface area (TPSA) is 56.3 Å². The predicted molar refractivity (Wildman–Crippen MR) is 99.6 cm³/mol. The molecule has 1 saturated carbocycles. The van der Waals surface area contributed by atoms with Crippen LogP contribution in [-0.2, 0) is 4.79 Å². The molecule has 0 spiro atoms. The molecule has 2 N–H and O–H groups in total. The molecule has 1 aliphatic carbocycles. The maximum Gasteiger partial charge on any atom is 0.225 e. The van der Waals surface area contributed by atoms with E-state index in [0.29, 0.717) is 17.0 Å². The molecule has 2 aromatic rings. The number of H-pyrrole nitrogens is 1. The van der Waals surface area contributed by atoms with Crippen molar-refractivity contribution in [3.63, 3.8) is 0 Å². The first-order valence-electron chi connectivity index (χ1n) is 9.37. The number of nitrogens with zero attached hydrogens (tertiary/aromatic N) is 1. The predicted octanol–water partition coefficient (Wildman–Crippen LogP) is 4.43. The van der Waals surface area contributed by atoms with Crippen LogP contribution in [0.4, 0.5) is 0 Å². The van der Waals surface area contributed by atoms with Crippen molar-refractivity contribution in [1.82, 2.24) is 9.88 Å². The highest BCUT2D eigenvalue weighted by Gasteiger charge is 2.36. The van der Waals surface area contributed by atoms with Crippen LogP contribution in [0.5, 0.6) is 0 Å². The van der Waals surface area contributed by atoms with E-state index in [1.165, 1.54) is 25.7 Å². The van der Waals surface area contributed by atoms with Crippen molar-refractivity contribution >= 4 is 28.4 Å². The summed E-state index contributed by atoms with van der Waals surface area (Å²) >= 11 is 6.09. The summed E-state index contributed by atoms with van der Waals surface area (Å²) in [6.07, 6.45) is 8.35. The zero-order chi connectivity index (χ0) is 17.4. The standard InChI is InChI=1S/C20H25ClN2O2/c21-14-7-8-17-15(10-14)16(12-22-17)19(24)11-20(25)23-9-3-5-13-4-1-2-6-18(13)23/h7-8,10,12-13,18-19,22,24H,1-6,9,11H2. The summed E-state index contributed by atoms with van der Waals surface area (Å²) in [6, 6.07) is 5.94. The molecule has 0 bridgehead atoms. The smallest absolute Gasteiger partial charge is 0.225 e. The van der Waals surface area contributed by atoms with Crippen molar-refractivity contribution in [2.75, 3.05) is 6.54 Å². The summed E-state index contributed by atoms with van der Waals surface area (Å²) in [5.41, 5.74) is 1.68. The second kappa shape index (κ2) is 7.00. The number of aromatic nitrogens is 1. The molecule has 1 aromatic carbocycles. The van der Waals surface area contributed by atoms with Crippen molar-refractivity contribution < 1.29 is 9.90 Å². The normalized spacial score (nSPS) is 25.0. The number of aliphatic hydroxyl groups excluding tert-OH is 1. The molecule has 3 unspecified atom stereocenters. The molecule has 1 saturated heterocycles. The molecule has 2 aliphatic rings. The third-order valence-corrected chi connectivity index (χ3v) is 6.20. The Labute approximate surface area is 153 Å². The Hall–Kier alpha value is -1.52. The van der Waals surface area contributed by atoms with E-state index in [9.17, 15) is 9.90 Å². The fourth-order valence-corrected chi connectivity index (χ4v) is 4.89. The molecule has 5 heteroatoms. The molecule has 3 atom stereocenters. The first kappa shape index (κ1) is 16.9. The Kier molecular flexibility index (Phi) is 4.74. The molecular formula is C20H25ClN2O2. The van der Waals surface area contributed by atoms with Crippen molar-refractivity contribution in [1.29, 1.82) is 0 Å². The molecule has 2 fully saturated rings. The summed E-state index contributed by atoms with van der Waals surface area (Å²) in [7, 11) is 0. The number of likely N-dealkylation sites (tertiary alicyclic amines) is 1. The number of carbonyl (C=O) groups is 1. The number of aromatic amines is 1. The van der Waals surface area contributed by atoms with Crippen molar-refractivity contribution in [2.45, 2.75) is 57.1 Å². The third kappa shape index (κ3) is 3.30. The Morgan fingerprint density at radius 3 is 2.96 bits per heavy atom. The largest absolute Gasteiger partial charge is 0.388 e. The van der Waals surface area contributed by atoms with Crippen LogP contribution in [0.1, 0.15) is 56.6 Å². The first-order valence-corrected chi connectivity index (χ1v) is 9.75. The van der Waals surface area contributed by atoms with Crippen LogP contribution < -0.4 is 0 Å². The van der Waals surface area contributed by atoms with Gasteiger partial charge in [-0.15, -0.1) is 0 Å². The molecule has 0 radical (unpaired) electrons. The minimum atomic E-state index is -0.802. The van der Waals surface area contributed by atoms with Gasteiger partial charge in [-0.05, 0) is 49.8 Å². The van der Waals surface area contributed by atoms with Gasteiger partial charge in [0.25, 0.3) is 0 Å². The first-order chi connectivity index (χ1) is 12.1. The highest BCUT2D eigenvalue weighted by molar-refractivity contribution is 6.31. The van der Waals surface area contributed by atoms with Gasteiger partial charge in [0.1, 0.15) is 0 Å². The van der Waals surface area contributed by atoms with Crippen LogP contribution in [0.3, 0.4) is 0 Å². The van der Waals surface area contributed by atoms with E-state index in [1.807, 2.05) is 18.2 Å². The zero-order valence-electron chi connectivity index (χ0n) is 14.4. The van der Waals surface area contributed by atoms with Gasteiger partial charge in [0.15, 0.2) is 0 Å². The minimum Gasteiger partial charge on any atom is -0.388 e. The number of hydrogen-bond donors (Lipinski definition) is 2. The van der Waals surface area contributed by atoms with E-state index in [2.05, 4.69) is 9.88 Å². The van der Waals surface area contributed by atoms with E-state index in [-0.39, 0.29) is 12.3 Å². The number of nitrogens with one attached hydrogen (secondary N) is 1. The fourth-order valence-electron chi connectivity index (χ4n) is 4.72. The zero-order valence-corrected chi connectivity index (χ0v) is 15.1. The fraction of sp³-hybridized carbons (Fsp3) is 0.550. The average molecular weight is 361 g/mol. The quantitative estimate of drug-likeness (QED) is 0.850. The van der Waals surface area contributed by atoms with E-state index in [4.69, 9.17) is 11.6 Å². The molecule has 1 aromatic heterocycles. The number of amides is 1. The van der Waals surface area contributed by atoms with E-state index >= 15 is 0 Å². The number of piperidine rings is 1. The lowest BCUT2D eigenvalue weighted by atomic mass is 9.78. The van der Waals surface area contributed by atoms with Gasteiger partial charge >= 0.3 is 0 Å². The number of aliphatic hydroxyl groups is 1. The third-order valence-electron chi connectivity index (χ3n) is 5.97. The molecule has 4 rings (SSSR count). The Morgan fingerprint density at radius 1 is 1.28 bits per heavy atom. The summed E-state index contributed by atoms with van der Waals surface area (Å²) < 4.78 is 0. The molecule has 2 heterocycles. The van der Waals surface area contributed by atoms with Crippen molar-refractivity contribution in [2.24, 2.45) is 5.92 Å². The number of carbonyl (C=O) groups excluding carboxylic acids is 1. The number of fused-ring (bicyclic) bond motifs is 2. The van der Waals surface area contributed by atoms with Gasteiger partial charge in [-0.1, -0.05) is 24.4 Å². The van der Waals surface area contributed by atoms with Gasteiger partial charge in [0, 0.05) is 40.3 Å². The van der Waals surface area contributed by atoms with Crippen LogP contribution >= 0.6 is 11.6 Å². The summed E-state index contributed by atoms with van der Waals surface area (Å²) in [5, 5.41) is 12.2. The second-order valence-electron chi connectivity index (χ2n) is 7.50. The molecule has 1 amide bonds. The van der Waals surface area contributed by atoms with E-state index in [1.54, 1.807) is 6.20 Å². The van der Waals surface area contributed by atoms with Gasteiger partial charge in [-0.3, -0.25) is 4.79 Å². The second-order valence-corrected chi connectivity index (χ2v) is 7.93. The van der Waals surface area contributed by atoms with Crippen LogP contribution in [0.15, 0.2) is 24.4 Å². The molecule has 25 heavy (non-hydrogen) atoms. The SMILES string of the molecule is O=C(CC(O)c1c[nH]c2ccc(Cl)cc12)N1CCCC2CCCCC21.